The van der Waals surface area contributed by atoms with E-state index in [1.807, 2.05) is 0 Å². The molecule has 3 unspecified atom stereocenters. The van der Waals surface area contributed by atoms with E-state index in [2.05, 4.69) is 39.6 Å². The predicted molar refractivity (Wildman–Crippen MR) is 67.5 cm³/mol. The molecule has 0 radical (unpaired) electrons. The molecule has 2 heteroatoms. The van der Waals surface area contributed by atoms with Crippen LogP contribution in [0.5, 0.6) is 0 Å². The first-order chi connectivity index (χ1) is 7.36. The van der Waals surface area contributed by atoms with Gasteiger partial charge in [0.2, 0.25) is 0 Å². The van der Waals surface area contributed by atoms with Crippen LogP contribution in [0.25, 0.3) is 0 Å². The van der Waals surface area contributed by atoms with E-state index in [4.69, 9.17) is 4.74 Å². The molecule has 0 aromatic carbocycles. The molecule has 92 valence electrons. The van der Waals surface area contributed by atoms with Crippen molar-refractivity contribution in [1.29, 1.82) is 0 Å². The average Bonchev–Trinajstić information content (AvgIpc) is 2.90. The first kappa shape index (κ1) is 12.1. The topological polar surface area (TPSA) is 24.6 Å². The minimum atomic E-state index is 0.111. The van der Waals surface area contributed by atoms with Gasteiger partial charge in [-0.05, 0) is 30.7 Å². The fourth-order valence-electron chi connectivity index (χ4n) is 2.92. The molecule has 1 N–H and O–H groups in total. The molecule has 0 saturated carbocycles. The minimum absolute atomic E-state index is 0.111. The first-order valence-electron chi connectivity index (χ1n) is 6.41. The average molecular weight is 223 g/mol. The van der Waals surface area contributed by atoms with E-state index in [0.717, 1.165) is 26.0 Å². The molecule has 2 saturated heterocycles. The molecule has 2 aliphatic rings. The fourth-order valence-corrected chi connectivity index (χ4v) is 2.92. The Kier molecular flexibility index (Phi) is 2.92. The molecule has 2 nitrogen and oxygen atoms in total. The summed E-state index contributed by atoms with van der Waals surface area (Å²) in [5.41, 5.74) is 1.79. The van der Waals surface area contributed by atoms with E-state index in [9.17, 15) is 0 Å². The van der Waals surface area contributed by atoms with Crippen LogP contribution < -0.4 is 5.32 Å². The van der Waals surface area contributed by atoms with Gasteiger partial charge in [-0.3, -0.25) is 0 Å². The predicted octanol–water partition coefficient (Wildman–Crippen LogP) is 2.75. The normalized spacial score (nSPS) is 36.5. The van der Waals surface area contributed by atoms with Crippen molar-refractivity contribution < 1.29 is 4.74 Å². The van der Waals surface area contributed by atoms with Gasteiger partial charge < -0.3 is 10.1 Å². The summed E-state index contributed by atoms with van der Waals surface area (Å²) in [6, 6.07) is 0. The Morgan fingerprint density at radius 3 is 2.56 bits per heavy atom. The Labute approximate surface area is 99.4 Å². The first-order valence-corrected chi connectivity index (χ1v) is 6.41. The standard InChI is InChI=1S/C14H25NO/c1-10-6-7-15-14(10,8-12-9-16-12)11(2)13(3,4)5/h11-12,15H,1,6-9H2,2-5H3. The largest absolute Gasteiger partial charge is 0.373 e. The van der Waals surface area contributed by atoms with Gasteiger partial charge in [0.05, 0.1) is 12.7 Å². The van der Waals surface area contributed by atoms with Crippen molar-refractivity contribution in [1.82, 2.24) is 5.32 Å². The highest BCUT2D eigenvalue weighted by atomic mass is 16.6. The highest BCUT2D eigenvalue weighted by Crippen LogP contribution is 2.45. The molecule has 2 rings (SSSR count). The van der Waals surface area contributed by atoms with E-state index < -0.39 is 0 Å². The van der Waals surface area contributed by atoms with Crippen LogP contribution in [-0.4, -0.2) is 24.8 Å². The smallest absolute Gasteiger partial charge is 0.0830 e. The van der Waals surface area contributed by atoms with Gasteiger partial charge >= 0.3 is 0 Å². The maximum Gasteiger partial charge on any atom is 0.0830 e. The number of ether oxygens (including phenoxy) is 1. The second kappa shape index (κ2) is 3.85. The van der Waals surface area contributed by atoms with E-state index >= 15 is 0 Å². The zero-order valence-electron chi connectivity index (χ0n) is 11.1. The summed E-state index contributed by atoms with van der Waals surface area (Å²) in [5, 5.41) is 3.72. The van der Waals surface area contributed by atoms with Crippen LogP contribution in [0.2, 0.25) is 0 Å². The number of rotatable bonds is 3. The van der Waals surface area contributed by atoms with Gasteiger partial charge in [-0.25, -0.2) is 0 Å². The minimum Gasteiger partial charge on any atom is -0.373 e. The van der Waals surface area contributed by atoms with Crippen LogP contribution in [0.15, 0.2) is 12.2 Å². The third-order valence-electron chi connectivity index (χ3n) is 4.49. The Morgan fingerprint density at radius 1 is 1.56 bits per heavy atom. The Hall–Kier alpha value is -0.340. The summed E-state index contributed by atoms with van der Waals surface area (Å²) in [6.07, 6.45) is 2.68. The number of nitrogens with one attached hydrogen (secondary N) is 1. The van der Waals surface area contributed by atoms with Crippen molar-refractivity contribution >= 4 is 0 Å². The van der Waals surface area contributed by atoms with E-state index in [-0.39, 0.29) is 5.54 Å². The molecular formula is C14H25NO. The lowest BCUT2D eigenvalue weighted by molar-refractivity contribution is 0.135. The molecule has 0 spiro atoms. The maximum absolute atomic E-state index is 5.43. The van der Waals surface area contributed by atoms with Crippen molar-refractivity contribution in [3.63, 3.8) is 0 Å². The molecule has 16 heavy (non-hydrogen) atoms. The van der Waals surface area contributed by atoms with Crippen molar-refractivity contribution in [3.05, 3.63) is 12.2 Å². The summed E-state index contributed by atoms with van der Waals surface area (Å²) >= 11 is 0. The zero-order valence-corrected chi connectivity index (χ0v) is 11.1. The molecule has 0 bridgehead atoms. The number of epoxide rings is 1. The highest BCUT2D eigenvalue weighted by Gasteiger charge is 2.49. The van der Waals surface area contributed by atoms with Gasteiger partial charge in [0, 0.05) is 5.54 Å². The van der Waals surface area contributed by atoms with Gasteiger partial charge in [-0.15, -0.1) is 0 Å². The Morgan fingerprint density at radius 2 is 2.19 bits per heavy atom. The van der Waals surface area contributed by atoms with Gasteiger partial charge in [0.25, 0.3) is 0 Å². The lowest BCUT2D eigenvalue weighted by atomic mass is 9.66. The van der Waals surface area contributed by atoms with Gasteiger partial charge in [-0.1, -0.05) is 39.8 Å². The Balaban J connectivity index is 2.22. The zero-order chi connectivity index (χ0) is 12.0. The number of hydrogen-bond donors (Lipinski definition) is 1. The third kappa shape index (κ3) is 2.05. The lowest BCUT2D eigenvalue weighted by Crippen LogP contribution is -2.52. The molecule has 2 fully saturated rings. The van der Waals surface area contributed by atoms with Gasteiger partial charge in [0.1, 0.15) is 0 Å². The summed E-state index contributed by atoms with van der Waals surface area (Å²) in [7, 11) is 0. The summed E-state index contributed by atoms with van der Waals surface area (Å²) in [6.45, 7) is 15.6. The van der Waals surface area contributed by atoms with Crippen LogP contribution in [0.3, 0.4) is 0 Å². The molecule has 2 heterocycles. The molecular weight excluding hydrogens is 198 g/mol. The van der Waals surface area contributed by atoms with E-state index in [1.165, 1.54) is 5.57 Å². The van der Waals surface area contributed by atoms with Crippen LogP contribution in [0.4, 0.5) is 0 Å². The van der Waals surface area contributed by atoms with Crippen LogP contribution in [0.1, 0.15) is 40.5 Å². The SMILES string of the molecule is C=C1CCNC1(CC1CO1)C(C)C(C)(C)C. The Bertz CT molecular complexity index is 288. The van der Waals surface area contributed by atoms with E-state index in [0.29, 0.717) is 17.4 Å². The van der Waals surface area contributed by atoms with Gasteiger partial charge in [-0.2, -0.15) is 0 Å². The fraction of sp³-hybridized carbons (Fsp3) is 0.857. The quantitative estimate of drug-likeness (QED) is 0.588. The monoisotopic (exact) mass is 223 g/mol. The summed E-state index contributed by atoms with van der Waals surface area (Å²) in [4.78, 5) is 0. The summed E-state index contributed by atoms with van der Waals surface area (Å²) in [5.74, 6) is 0.583. The van der Waals surface area contributed by atoms with Crippen LogP contribution in [0, 0.1) is 11.3 Å². The molecule has 0 aromatic heterocycles. The lowest BCUT2D eigenvalue weighted by Gasteiger charge is -2.44. The van der Waals surface area contributed by atoms with Crippen molar-refractivity contribution in [3.8, 4) is 0 Å². The van der Waals surface area contributed by atoms with Crippen molar-refractivity contribution in [2.24, 2.45) is 11.3 Å². The van der Waals surface area contributed by atoms with Crippen molar-refractivity contribution in [2.75, 3.05) is 13.2 Å². The highest BCUT2D eigenvalue weighted by molar-refractivity contribution is 5.25. The second-order valence-electron chi connectivity index (χ2n) is 6.50. The van der Waals surface area contributed by atoms with Crippen molar-refractivity contribution in [2.45, 2.75) is 52.2 Å². The molecule has 2 aliphatic heterocycles. The second-order valence-corrected chi connectivity index (χ2v) is 6.50. The third-order valence-corrected chi connectivity index (χ3v) is 4.49. The van der Waals surface area contributed by atoms with Crippen LogP contribution in [-0.2, 0) is 4.74 Å². The molecule has 0 aromatic rings. The molecule has 0 amide bonds. The van der Waals surface area contributed by atoms with Gasteiger partial charge in [0.15, 0.2) is 0 Å². The summed E-state index contributed by atoms with van der Waals surface area (Å²) < 4.78 is 5.43. The molecule has 0 aliphatic carbocycles. The van der Waals surface area contributed by atoms with E-state index in [1.54, 1.807) is 0 Å². The molecule has 3 atom stereocenters. The number of hydrogen-bond acceptors (Lipinski definition) is 2. The van der Waals surface area contributed by atoms with Crippen LogP contribution >= 0.6 is 0 Å². The maximum atomic E-state index is 5.43.